The maximum Gasteiger partial charge on any atom is 0.255 e. The molecule has 2 fully saturated rings. The maximum atomic E-state index is 15.0. The van der Waals surface area contributed by atoms with Crippen LogP contribution in [0.4, 0.5) is 10.2 Å². The first-order chi connectivity index (χ1) is 16.2. The smallest absolute Gasteiger partial charge is 0.255 e. The number of anilines is 1. The van der Waals surface area contributed by atoms with Crippen LogP contribution in [0.2, 0.25) is 0 Å². The van der Waals surface area contributed by atoms with Crippen molar-refractivity contribution in [2.45, 2.75) is 37.6 Å². The van der Waals surface area contributed by atoms with Crippen molar-refractivity contribution in [1.29, 1.82) is 0 Å². The van der Waals surface area contributed by atoms with Gasteiger partial charge in [-0.2, -0.15) is 5.10 Å². The summed E-state index contributed by atoms with van der Waals surface area (Å²) in [7, 11) is 0. The lowest BCUT2D eigenvalue weighted by Gasteiger charge is -2.23. The van der Waals surface area contributed by atoms with Crippen molar-refractivity contribution in [2.24, 2.45) is 0 Å². The Kier molecular flexibility index (Phi) is 4.91. The van der Waals surface area contributed by atoms with E-state index in [0.717, 1.165) is 25.9 Å². The molecule has 0 radical (unpaired) electrons. The molecule has 4 heterocycles. The number of hydrogen-bond donors (Lipinski definition) is 2. The lowest BCUT2D eigenvalue weighted by molar-refractivity contribution is 0.354. The van der Waals surface area contributed by atoms with Crippen molar-refractivity contribution in [3.63, 3.8) is 0 Å². The molecule has 1 aliphatic heterocycles. The second kappa shape index (κ2) is 8.08. The quantitative estimate of drug-likeness (QED) is 0.474. The highest BCUT2D eigenvalue weighted by molar-refractivity contribution is 5.98. The Bertz CT molecular complexity index is 1310. The summed E-state index contributed by atoms with van der Waals surface area (Å²) in [5, 5.41) is 8.77. The van der Waals surface area contributed by atoms with E-state index in [4.69, 9.17) is 15.6 Å². The number of nitrogens with two attached hydrogens (primary N) is 1. The first kappa shape index (κ1) is 20.0. The Morgan fingerprint density at radius 1 is 1.09 bits per heavy atom. The standard InChI is InChI=1S/C24H24FN7O/c25-19-10-16(11-28-24(19)33-18-7-5-15(6-8-18)14-3-4-14)21-20-22(26)29-13-30-23(20)32(31-21)17-2-1-9-27-12-17/h5-8,10-11,13-14,17,27H,1-4,9,12H2,(H2,26,29,30)/t17-/m1/s1. The number of fused-ring (bicyclic) bond motifs is 1. The SMILES string of the molecule is Nc1ncnc2c1c(-c1cnc(Oc3ccc(C4CC4)cc3)c(F)c1)nn2[C@@H]1CCCNC1. The third kappa shape index (κ3) is 3.78. The van der Waals surface area contributed by atoms with Gasteiger partial charge in [0.15, 0.2) is 11.5 Å². The summed E-state index contributed by atoms with van der Waals surface area (Å²) in [6.07, 6.45) is 7.47. The van der Waals surface area contributed by atoms with Gasteiger partial charge in [0.05, 0.1) is 11.4 Å². The van der Waals surface area contributed by atoms with Crippen LogP contribution in [0.1, 0.15) is 43.2 Å². The third-order valence-corrected chi connectivity index (χ3v) is 6.36. The van der Waals surface area contributed by atoms with Crippen molar-refractivity contribution < 1.29 is 9.13 Å². The van der Waals surface area contributed by atoms with Crippen LogP contribution >= 0.6 is 0 Å². The minimum absolute atomic E-state index is 0.0811. The molecule has 0 amide bonds. The molecule has 9 heteroatoms. The van der Waals surface area contributed by atoms with Gasteiger partial charge in [0.1, 0.15) is 23.6 Å². The van der Waals surface area contributed by atoms with Gasteiger partial charge in [0.25, 0.3) is 5.88 Å². The molecule has 6 rings (SSSR count). The lowest BCUT2D eigenvalue weighted by Crippen LogP contribution is -2.32. The molecule has 33 heavy (non-hydrogen) atoms. The highest BCUT2D eigenvalue weighted by Gasteiger charge is 2.25. The Labute approximate surface area is 190 Å². The van der Waals surface area contributed by atoms with Gasteiger partial charge in [-0.3, -0.25) is 0 Å². The first-order valence-electron chi connectivity index (χ1n) is 11.3. The van der Waals surface area contributed by atoms with Crippen LogP contribution in [0.3, 0.4) is 0 Å². The maximum absolute atomic E-state index is 15.0. The number of pyridine rings is 1. The zero-order chi connectivity index (χ0) is 22.4. The van der Waals surface area contributed by atoms with Gasteiger partial charge in [-0.25, -0.2) is 24.0 Å². The van der Waals surface area contributed by atoms with Crippen molar-refractivity contribution in [3.8, 4) is 22.9 Å². The fourth-order valence-electron chi connectivity index (χ4n) is 4.46. The summed E-state index contributed by atoms with van der Waals surface area (Å²) in [5.41, 5.74) is 9.13. The number of ether oxygens (including phenoxy) is 1. The highest BCUT2D eigenvalue weighted by Crippen LogP contribution is 2.40. The Hall–Kier alpha value is -3.59. The van der Waals surface area contributed by atoms with Gasteiger partial charge in [-0.05, 0) is 61.9 Å². The lowest BCUT2D eigenvalue weighted by atomic mass is 10.1. The van der Waals surface area contributed by atoms with Gasteiger partial charge in [-0.1, -0.05) is 12.1 Å². The molecule has 168 valence electrons. The Balaban J connectivity index is 1.33. The molecule has 1 aliphatic carbocycles. The number of piperidine rings is 1. The van der Waals surface area contributed by atoms with E-state index >= 15 is 4.39 Å². The van der Waals surface area contributed by atoms with Gasteiger partial charge < -0.3 is 15.8 Å². The second-order valence-corrected chi connectivity index (χ2v) is 8.71. The molecule has 0 spiro atoms. The van der Waals surface area contributed by atoms with Crippen molar-refractivity contribution in [1.82, 2.24) is 30.0 Å². The summed E-state index contributed by atoms with van der Waals surface area (Å²) in [6, 6.07) is 9.28. The van der Waals surface area contributed by atoms with Gasteiger partial charge in [0, 0.05) is 18.3 Å². The largest absolute Gasteiger partial charge is 0.436 e. The molecule has 4 aromatic rings. The second-order valence-electron chi connectivity index (χ2n) is 8.71. The van der Waals surface area contributed by atoms with E-state index in [0.29, 0.717) is 39.8 Å². The summed E-state index contributed by atoms with van der Waals surface area (Å²) < 4.78 is 22.6. The Morgan fingerprint density at radius 3 is 2.67 bits per heavy atom. The molecule has 3 N–H and O–H groups in total. The number of benzene rings is 1. The minimum Gasteiger partial charge on any atom is -0.436 e. The number of hydrogen-bond acceptors (Lipinski definition) is 7. The Morgan fingerprint density at radius 2 is 1.94 bits per heavy atom. The number of rotatable bonds is 5. The summed E-state index contributed by atoms with van der Waals surface area (Å²) in [5.74, 6) is 0.861. The number of nitrogens with one attached hydrogen (secondary N) is 1. The van der Waals surface area contributed by atoms with Gasteiger partial charge >= 0.3 is 0 Å². The van der Waals surface area contributed by atoms with Crippen LogP contribution in [0.15, 0.2) is 42.9 Å². The monoisotopic (exact) mass is 445 g/mol. The minimum atomic E-state index is -0.573. The summed E-state index contributed by atoms with van der Waals surface area (Å²) in [6.45, 7) is 1.78. The summed E-state index contributed by atoms with van der Waals surface area (Å²) >= 11 is 0. The molecule has 0 unspecified atom stereocenters. The average Bonchev–Trinajstić information content (AvgIpc) is 3.62. The predicted octanol–water partition coefficient (Wildman–Crippen LogP) is 4.20. The van der Waals surface area contributed by atoms with E-state index in [1.54, 1.807) is 6.20 Å². The van der Waals surface area contributed by atoms with Gasteiger partial charge in [0.2, 0.25) is 0 Å². The van der Waals surface area contributed by atoms with Crippen molar-refractivity contribution >= 4 is 16.9 Å². The number of aromatic nitrogens is 5. The van der Waals surface area contributed by atoms with Crippen LogP contribution in [-0.4, -0.2) is 37.8 Å². The molecule has 2 aliphatic rings. The third-order valence-electron chi connectivity index (χ3n) is 6.36. The fraction of sp³-hybridized carbons (Fsp3) is 0.333. The zero-order valence-electron chi connectivity index (χ0n) is 18.0. The van der Waals surface area contributed by atoms with Crippen molar-refractivity contribution in [2.75, 3.05) is 18.8 Å². The molecular weight excluding hydrogens is 421 g/mol. The normalized spacial score (nSPS) is 18.5. The number of nitrogens with zero attached hydrogens (tertiary/aromatic N) is 5. The first-order valence-corrected chi connectivity index (χ1v) is 11.3. The van der Waals surface area contributed by atoms with Gasteiger partial charge in [-0.15, -0.1) is 0 Å². The van der Waals surface area contributed by atoms with E-state index in [-0.39, 0.29) is 11.9 Å². The molecular formula is C24H24FN7O. The van der Waals surface area contributed by atoms with Crippen molar-refractivity contribution in [3.05, 3.63) is 54.2 Å². The number of halogens is 1. The molecule has 0 bridgehead atoms. The molecule has 1 aromatic carbocycles. The van der Waals surface area contributed by atoms with E-state index in [1.807, 2.05) is 28.9 Å². The van der Waals surface area contributed by atoms with E-state index in [1.165, 1.54) is 30.8 Å². The van der Waals surface area contributed by atoms with Crippen LogP contribution in [0, 0.1) is 5.82 Å². The highest BCUT2D eigenvalue weighted by atomic mass is 19.1. The van der Waals surface area contributed by atoms with Crippen LogP contribution in [0.25, 0.3) is 22.3 Å². The van der Waals surface area contributed by atoms with Crippen LogP contribution in [0.5, 0.6) is 11.6 Å². The molecule has 1 saturated carbocycles. The van der Waals surface area contributed by atoms with E-state index in [2.05, 4.69) is 20.3 Å². The number of nitrogen functional groups attached to an aromatic ring is 1. The summed E-state index contributed by atoms with van der Waals surface area (Å²) in [4.78, 5) is 12.8. The van der Waals surface area contributed by atoms with E-state index < -0.39 is 5.82 Å². The topological polar surface area (TPSA) is 104 Å². The average molecular weight is 446 g/mol. The zero-order valence-corrected chi connectivity index (χ0v) is 18.0. The predicted molar refractivity (Wildman–Crippen MR) is 123 cm³/mol. The van der Waals surface area contributed by atoms with E-state index in [9.17, 15) is 0 Å². The molecule has 1 saturated heterocycles. The molecule has 3 aromatic heterocycles. The molecule has 1 atom stereocenters. The van der Waals surface area contributed by atoms with Crippen LogP contribution < -0.4 is 15.8 Å². The fourth-order valence-corrected chi connectivity index (χ4v) is 4.46. The van der Waals surface area contributed by atoms with Crippen LogP contribution in [-0.2, 0) is 0 Å². The molecule has 8 nitrogen and oxygen atoms in total.